The maximum absolute atomic E-state index is 13.5. The Hall–Kier alpha value is -4.14. The summed E-state index contributed by atoms with van der Waals surface area (Å²) < 4.78 is 33.9. The first kappa shape index (κ1) is 27.9. The Morgan fingerprint density at radius 2 is 1.69 bits per heavy atom. The van der Waals surface area contributed by atoms with Crippen molar-refractivity contribution in [3.8, 4) is 5.75 Å². The highest BCUT2D eigenvalue weighted by molar-refractivity contribution is 7.92. The number of amides is 1. The van der Waals surface area contributed by atoms with Crippen LogP contribution in [0.1, 0.15) is 22.3 Å². The van der Waals surface area contributed by atoms with E-state index in [9.17, 15) is 13.2 Å². The summed E-state index contributed by atoms with van der Waals surface area (Å²) >= 11 is 6.01. The summed E-state index contributed by atoms with van der Waals surface area (Å²) in [7, 11) is -4.00. The van der Waals surface area contributed by atoms with E-state index in [1.54, 1.807) is 54.6 Å². The van der Waals surface area contributed by atoms with Gasteiger partial charge >= 0.3 is 0 Å². The maximum Gasteiger partial charge on any atom is 0.264 e. The first-order valence-electron chi connectivity index (χ1n) is 12.2. The molecule has 0 aliphatic rings. The largest absolute Gasteiger partial charge is 0.489 e. The number of nitrogens with zero attached hydrogens (tertiary/aromatic N) is 2. The number of carbonyl (C=O) groups is 1. The zero-order valence-electron chi connectivity index (χ0n) is 21.5. The van der Waals surface area contributed by atoms with Crippen LogP contribution in [0.2, 0.25) is 5.02 Å². The molecule has 0 fully saturated rings. The number of anilines is 1. The summed E-state index contributed by atoms with van der Waals surface area (Å²) in [4.78, 5) is 12.9. The second-order valence-electron chi connectivity index (χ2n) is 8.90. The molecule has 0 saturated carbocycles. The molecule has 200 valence electrons. The quantitative estimate of drug-likeness (QED) is 0.193. The minimum atomic E-state index is -4.00. The Morgan fingerprint density at radius 3 is 2.38 bits per heavy atom. The molecule has 1 N–H and O–H groups in total. The van der Waals surface area contributed by atoms with Gasteiger partial charge in [-0.25, -0.2) is 13.8 Å². The summed E-state index contributed by atoms with van der Waals surface area (Å²) in [5, 5.41) is 4.66. The number of ether oxygens (including phenoxy) is 1. The summed E-state index contributed by atoms with van der Waals surface area (Å²) in [6.45, 7) is 3.68. The minimum Gasteiger partial charge on any atom is -0.489 e. The van der Waals surface area contributed by atoms with Crippen molar-refractivity contribution in [2.24, 2.45) is 5.10 Å². The molecule has 7 nitrogen and oxygen atoms in total. The van der Waals surface area contributed by atoms with Gasteiger partial charge in [0.05, 0.1) is 16.8 Å². The number of rotatable bonds is 10. The fourth-order valence-electron chi connectivity index (χ4n) is 3.89. The van der Waals surface area contributed by atoms with Crippen molar-refractivity contribution in [2.45, 2.75) is 25.3 Å². The van der Waals surface area contributed by atoms with Crippen molar-refractivity contribution in [1.82, 2.24) is 5.43 Å². The summed E-state index contributed by atoms with van der Waals surface area (Å²) in [6, 6.07) is 28.1. The average Bonchev–Trinajstić information content (AvgIpc) is 2.92. The van der Waals surface area contributed by atoms with E-state index >= 15 is 0 Å². The summed E-state index contributed by atoms with van der Waals surface area (Å²) in [5.41, 5.74) is 6.28. The highest BCUT2D eigenvalue weighted by Crippen LogP contribution is 2.27. The fourth-order valence-corrected chi connectivity index (χ4v) is 5.61. The fraction of sp³-hybridized carbons (Fsp3) is 0.133. The Kier molecular flexibility index (Phi) is 9.01. The molecule has 4 rings (SSSR count). The van der Waals surface area contributed by atoms with Crippen molar-refractivity contribution in [3.63, 3.8) is 0 Å². The monoisotopic (exact) mass is 561 g/mol. The summed E-state index contributed by atoms with van der Waals surface area (Å²) in [6.07, 6.45) is 1.48. The smallest absolute Gasteiger partial charge is 0.264 e. The second kappa shape index (κ2) is 12.6. The molecule has 0 radical (unpaired) electrons. The van der Waals surface area contributed by atoms with Gasteiger partial charge in [-0.2, -0.15) is 5.10 Å². The molecule has 0 atom stereocenters. The van der Waals surface area contributed by atoms with Gasteiger partial charge in [-0.1, -0.05) is 59.6 Å². The number of aryl methyl sites for hydroxylation is 2. The van der Waals surface area contributed by atoms with Crippen LogP contribution in [0.4, 0.5) is 5.69 Å². The van der Waals surface area contributed by atoms with E-state index in [2.05, 4.69) is 10.5 Å². The van der Waals surface area contributed by atoms with E-state index in [1.807, 2.05) is 44.2 Å². The van der Waals surface area contributed by atoms with Gasteiger partial charge in [0, 0.05) is 5.02 Å². The lowest BCUT2D eigenvalue weighted by Crippen LogP contribution is -2.40. The number of nitrogens with one attached hydrogen (secondary N) is 1. The van der Waals surface area contributed by atoms with Crippen LogP contribution in [-0.2, 0) is 21.4 Å². The van der Waals surface area contributed by atoms with Crippen molar-refractivity contribution in [3.05, 3.63) is 124 Å². The number of hydrazone groups is 1. The molecular weight excluding hydrogens is 534 g/mol. The zero-order chi connectivity index (χ0) is 27.8. The number of hydrogen-bond acceptors (Lipinski definition) is 5. The average molecular weight is 562 g/mol. The number of halogens is 1. The number of hydrogen-bond donors (Lipinski definition) is 1. The van der Waals surface area contributed by atoms with E-state index in [0.717, 1.165) is 26.6 Å². The van der Waals surface area contributed by atoms with E-state index < -0.39 is 22.5 Å². The lowest BCUT2D eigenvalue weighted by atomic mass is 10.1. The van der Waals surface area contributed by atoms with Crippen molar-refractivity contribution in [2.75, 3.05) is 10.8 Å². The lowest BCUT2D eigenvalue weighted by molar-refractivity contribution is -0.119. The predicted molar refractivity (Wildman–Crippen MR) is 155 cm³/mol. The van der Waals surface area contributed by atoms with Gasteiger partial charge in [0.2, 0.25) is 0 Å². The molecule has 4 aromatic carbocycles. The second-order valence-corrected chi connectivity index (χ2v) is 11.2. The third-order valence-corrected chi connectivity index (χ3v) is 7.83. The lowest BCUT2D eigenvalue weighted by Gasteiger charge is -2.25. The van der Waals surface area contributed by atoms with Crippen LogP contribution in [0.5, 0.6) is 5.75 Å². The molecule has 0 bridgehead atoms. The Balaban J connectivity index is 1.42. The number of carbonyl (C=O) groups excluding carboxylic acids is 1. The van der Waals surface area contributed by atoms with Gasteiger partial charge in [-0.05, 0) is 85.1 Å². The van der Waals surface area contributed by atoms with Gasteiger partial charge in [0.25, 0.3) is 15.9 Å². The molecule has 0 aromatic heterocycles. The van der Waals surface area contributed by atoms with Gasteiger partial charge in [-0.3, -0.25) is 9.10 Å². The van der Waals surface area contributed by atoms with E-state index in [4.69, 9.17) is 16.3 Å². The molecule has 39 heavy (non-hydrogen) atoms. The standard InChI is InChI=1S/C30H28ClN3O4S/c1-22-11-16-29(23(2)17-22)34(39(36,37)28-9-4-3-5-10-28)20-30(35)33-32-19-24-12-14-27(15-13-24)38-21-25-7-6-8-26(31)18-25/h3-19H,20-21H2,1-2H3,(H,33,35). The normalized spacial score (nSPS) is 11.4. The number of benzene rings is 4. The first-order valence-corrected chi connectivity index (χ1v) is 14.0. The Morgan fingerprint density at radius 1 is 0.949 bits per heavy atom. The molecule has 9 heteroatoms. The molecule has 1 amide bonds. The van der Waals surface area contributed by atoms with Crippen LogP contribution in [0.15, 0.2) is 107 Å². The van der Waals surface area contributed by atoms with Crippen LogP contribution >= 0.6 is 11.6 Å². The molecular formula is C30H28ClN3O4S. The topological polar surface area (TPSA) is 88.1 Å². The molecule has 0 unspecified atom stereocenters. The SMILES string of the molecule is Cc1ccc(N(CC(=O)NN=Cc2ccc(OCc3cccc(Cl)c3)cc2)S(=O)(=O)c2ccccc2)c(C)c1. The van der Waals surface area contributed by atoms with Crippen LogP contribution in [0.25, 0.3) is 0 Å². The highest BCUT2D eigenvalue weighted by atomic mass is 35.5. The number of sulfonamides is 1. The highest BCUT2D eigenvalue weighted by Gasteiger charge is 2.28. The minimum absolute atomic E-state index is 0.0962. The van der Waals surface area contributed by atoms with Crippen LogP contribution in [0.3, 0.4) is 0 Å². The van der Waals surface area contributed by atoms with Crippen molar-refractivity contribution in [1.29, 1.82) is 0 Å². The Bertz CT molecular complexity index is 1570. The van der Waals surface area contributed by atoms with E-state index in [0.29, 0.717) is 23.1 Å². The van der Waals surface area contributed by atoms with Gasteiger partial charge < -0.3 is 4.74 Å². The van der Waals surface area contributed by atoms with E-state index in [1.165, 1.54) is 18.3 Å². The third kappa shape index (κ3) is 7.46. The van der Waals surface area contributed by atoms with E-state index in [-0.39, 0.29) is 4.90 Å². The van der Waals surface area contributed by atoms with Crippen LogP contribution < -0.4 is 14.5 Å². The molecule has 0 aliphatic carbocycles. The molecule has 0 aliphatic heterocycles. The maximum atomic E-state index is 13.5. The third-order valence-electron chi connectivity index (χ3n) is 5.82. The molecule has 0 heterocycles. The Labute approximate surface area is 233 Å². The summed E-state index contributed by atoms with van der Waals surface area (Å²) in [5.74, 6) is 0.0959. The molecule has 0 saturated heterocycles. The van der Waals surface area contributed by atoms with Gasteiger partial charge in [-0.15, -0.1) is 0 Å². The van der Waals surface area contributed by atoms with Crippen LogP contribution in [-0.4, -0.2) is 27.1 Å². The molecule has 0 spiro atoms. The van der Waals surface area contributed by atoms with Gasteiger partial charge in [0.1, 0.15) is 18.9 Å². The van der Waals surface area contributed by atoms with Crippen molar-refractivity contribution >= 4 is 39.4 Å². The van der Waals surface area contributed by atoms with Crippen LogP contribution in [0, 0.1) is 13.8 Å². The van der Waals surface area contributed by atoms with Crippen molar-refractivity contribution < 1.29 is 17.9 Å². The first-order chi connectivity index (χ1) is 18.7. The van der Waals surface area contributed by atoms with Gasteiger partial charge in [0.15, 0.2) is 0 Å². The molecule has 4 aromatic rings. The zero-order valence-corrected chi connectivity index (χ0v) is 23.1. The predicted octanol–water partition coefficient (Wildman–Crippen LogP) is 5.88.